The summed E-state index contributed by atoms with van der Waals surface area (Å²) >= 11 is 0. The number of H-pyrrole nitrogens is 1. The number of nitrogens with zero attached hydrogens (tertiary/aromatic N) is 3. The van der Waals surface area contributed by atoms with Crippen LogP contribution in [0.3, 0.4) is 0 Å². The number of anilines is 1. The van der Waals surface area contributed by atoms with E-state index in [-0.39, 0.29) is 5.69 Å². The predicted octanol–water partition coefficient (Wildman–Crippen LogP) is 1.07. The Morgan fingerprint density at radius 2 is 2.11 bits per heavy atom. The summed E-state index contributed by atoms with van der Waals surface area (Å²) in [6.07, 6.45) is 2.38. The molecule has 0 atom stereocenters. The SMILES string of the molecule is O=c1[nH]nc2cc(NCCc3ccccc3)ncn12. The number of nitrogens with one attached hydrogen (secondary N) is 2. The van der Waals surface area contributed by atoms with Gasteiger partial charge in [0.05, 0.1) is 0 Å². The first-order valence-electron chi connectivity index (χ1n) is 6.03. The molecule has 0 fully saturated rings. The topological polar surface area (TPSA) is 75.1 Å². The van der Waals surface area contributed by atoms with Gasteiger partial charge in [0.1, 0.15) is 12.1 Å². The van der Waals surface area contributed by atoms with Gasteiger partial charge in [0.25, 0.3) is 0 Å². The number of benzene rings is 1. The van der Waals surface area contributed by atoms with Crippen molar-refractivity contribution < 1.29 is 0 Å². The number of rotatable bonds is 4. The Labute approximate surface area is 109 Å². The molecule has 6 heteroatoms. The second-order valence-corrected chi connectivity index (χ2v) is 4.19. The molecule has 0 spiro atoms. The van der Waals surface area contributed by atoms with E-state index in [9.17, 15) is 4.79 Å². The molecule has 6 nitrogen and oxygen atoms in total. The van der Waals surface area contributed by atoms with E-state index in [4.69, 9.17) is 0 Å². The first kappa shape index (κ1) is 11.5. The molecule has 0 radical (unpaired) electrons. The van der Waals surface area contributed by atoms with Crippen molar-refractivity contribution in [3.05, 3.63) is 58.8 Å². The Hall–Kier alpha value is -2.63. The van der Waals surface area contributed by atoms with Crippen LogP contribution in [0.5, 0.6) is 0 Å². The lowest BCUT2D eigenvalue weighted by molar-refractivity contribution is 0.975. The van der Waals surface area contributed by atoms with Gasteiger partial charge in [-0.2, -0.15) is 5.10 Å². The predicted molar refractivity (Wildman–Crippen MR) is 72.2 cm³/mol. The van der Waals surface area contributed by atoms with Gasteiger partial charge in [0.15, 0.2) is 5.65 Å². The highest BCUT2D eigenvalue weighted by molar-refractivity contribution is 5.48. The first-order chi connectivity index (χ1) is 9.33. The fraction of sp³-hybridized carbons (Fsp3) is 0.154. The van der Waals surface area contributed by atoms with Gasteiger partial charge in [-0.05, 0) is 12.0 Å². The Morgan fingerprint density at radius 3 is 2.95 bits per heavy atom. The Bertz CT molecular complexity index is 731. The molecule has 0 bridgehead atoms. The Kier molecular flexibility index (Phi) is 2.97. The molecule has 0 aliphatic rings. The van der Waals surface area contributed by atoms with Crippen molar-refractivity contribution in [3.63, 3.8) is 0 Å². The molecule has 0 saturated carbocycles. The zero-order chi connectivity index (χ0) is 13.1. The molecule has 1 aromatic carbocycles. The first-order valence-corrected chi connectivity index (χ1v) is 6.03. The molecule has 96 valence electrons. The van der Waals surface area contributed by atoms with Crippen LogP contribution in [-0.4, -0.2) is 26.1 Å². The minimum Gasteiger partial charge on any atom is -0.370 e. The number of hydrogen-bond donors (Lipinski definition) is 2. The summed E-state index contributed by atoms with van der Waals surface area (Å²) in [6, 6.07) is 12.0. The van der Waals surface area contributed by atoms with Gasteiger partial charge in [-0.3, -0.25) is 0 Å². The summed E-state index contributed by atoms with van der Waals surface area (Å²) in [7, 11) is 0. The lowest BCUT2D eigenvalue weighted by atomic mass is 10.1. The lowest BCUT2D eigenvalue weighted by Gasteiger charge is -2.05. The van der Waals surface area contributed by atoms with Crippen molar-refractivity contribution >= 4 is 11.5 Å². The fourth-order valence-electron chi connectivity index (χ4n) is 1.89. The summed E-state index contributed by atoms with van der Waals surface area (Å²) in [5.74, 6) is 0.711. The maximum atomic E-state index is 11.3. The van der Waals surface area contributed by atoms with Gasteiger partial charge in [0.2, 0.25) is 0 Å². The van der Waals surface area contributed by atoms with Gasteiger partial charge in [-0.1, -0.05) is 30.3 Å². The largest absolute Gasteiger partial charge is 0.370 e. The van der Waals surface area contributed by atoms with Gasteiger partial charge in [0, 0.05) is 12.6 Å². The maximum absolute atomic E-state index is 11.3. The highest BCUT2D eigenvalue weighted by atomic mass is 16.1. The average molecular weight is 255 g/mol. The molecule has 3 aromatic rings. The molecular formula is C13H13N5O. The second kappa shape index (κ2) is 4.93. The van der Waals surface area contributed by atoms with Crippen LogP contribution < -0.4 is 11.0 Å². The molecule has 0 saturated heterocycles. The smallest absolute Gasteiger partial charge is 0.348 e. The minimum atomic E-state index is -0.279. The molecule has 19 heavy (non-hydrogen) atoms. The quantitative estimate of drug-likeness (QED) is 0.731. The third-order valence-electron chi connectivity index (χ3n) is 2.87. The van der Waals surface area contributed by atoms with E-state index >= 15 is 0 Å². The van der Waals surface area contributed by atoms with Crippen LogP contribution in [0.1, 0.15) is 5.56 Å². The molecule has 0 aliphatic carbocycles. The monoisotopic (exact) mass is 255 g/mol. The number of fused-ring (bicyclic) bond motifs is 1. The zero-order valence-corrected chi connectivity index (χ0v) is 10.2. The van der Waals surface area contributed by atoms with Gasteiger partial charge in [-0.25, -0.2) is 19.3 Å². The fourth-order valence-corrected chi connectivity index (χ4v) is 1.89. The van der Waals surface area contributed by atoms with Crippen LogP contribution in [0.25, 0.3) is 5.65 Å². The molecule has 3 rings (SSSR count). The van der Waals surface area contributed by atoms with E-state index in [1.165, 1.54) is 16.3 Å². The highest BCUT2D eigenvalue weighted by Gasteiger charge is 2.01. The normalized spacial score (nSPS) is 10.7. The number of aromatic nitrogens is 4. The van der Waals surface area contributed by atoms with E-state index in [0.29, 0.717) is 11.5 Å². The van der Waals surface area contributed by atoms with Crippen LogP contribution in [0.15, 0.2) is 47.5 Å². The van der Waals surface area contributed by atoms with Crippen LogP contribution in [0, 0.1) is 0 Å². The molecule has 0 aliphatic heterocycles. The van der Waals surface area contributed by atoms with Crippen molar-refractivity contribution in [2.75, 3.05) is 11.9 Å². The molecule has 2 heterocycles. The van der Waals surface area contributed by atoms with Gasteiger partial charge in [-0.15, -0.1) is 0 Å². The molecule has 2 N–H and O–H groups in total. The lowest BCUT2D eigenvalue weighted by Crippen LogP contribution is -2.11. The maximum Gasteiger partial charge on any atom is 0.348 e. The van der Waals surface area contributed by atoms with Crippen molar-refractivity contribution in [2.45, 2.75) is 6.42 Å². The van der Waals surface area contributed by atoms with E-state index in [2.05, 4.69) is 32.6 Å². The molecular weight excluding hydrogens is 242 g/mol. The van der Waals surface area contributed by atoms with E-state index in [1.54, 1.807) is 6.07 Å². The third-order valence-corrected chi connectivity index (χ3v) is 2.87. The van der Waals surface area contributed by atoms with Crippen molar-refractivity contribution in [2.24, 2.45) is 0 Å². The average Bonchev–Trinajstić information content (AvgIpc) is 2.81. The van der Waals surface area contributed by atoms with Crippen molar-refractivity contribution in [3.8, 4) is 0 Å². The van der Waals surface area contributed by atoms with Crippen molar-refractivity contribution in [1.29, 1.82) is 0 Å². The minimum absolute atomic E-state index is 0.279. The summed E-state index contributed by atoms with van der Waals surface area (Å²) < 4.78 is 1.36. The van der Waals surface area contributed by atoms with Crippen LogP contribution in [-0.2, 0) is 6.42 Å². The van der Waals surface area contributed by atoms with Gasteiger partial charge < -0.3 is 5.32 Å². The highest BCUT2D eigenvalue weighted by Crippen LogP contribution is 2.05. The van der Waals surface area contributed by atoms with Crippen LogP contribution in [0.2, 0.25) is 0 Å². The zero-order valence-electron chi connectivity index (χ0n) is 10.2. The third kappa shape index (κ3) is 2.47. The standard InChI is InChI=1S/C13H13N5O/c19-13-17-16-12-8-11(15-9-18(12)13)14-7-6-10-4-2-1-3-5-10/h1-5,8-9,14H,6-7H2,(H,17,19). The molecule has 2 aromatic heterocycles. The summed E-state index contributed by atoms with van der Waals surface area (Å²) in [5.41, 5.74) is 1.55. The molecule has 0 unspecified atom stereocenters. The number of aromatic amines is 1. The van der Waals surface area contributed by atoms with Crippen molar-refractivity contribution in [1.82, 2.24) is 19.6 Å². The summed E-state index contributed by atoms with van der Waals surface area (Å²) in [6.45, 7) is 0.780. The number of hydrogen-bond acceptors (Lipinski definition) is 4. The molecule has 0 amide bonds. The Balaban J connectivity index is 1.67. The van der Waals surface area contributed by atoms with E-state index < -0.39 is 0 Å². The van der Waals surface area contributed by atoms with Crippen LogP contribution in [0.4, 0.5) is 5.82 Å². The summed E-state index contributed by atoms with van der Waals surface area (Å²) in [4.78, 5) is 15.4. The van der Waals surface area contributed by atoms with E-state index in [0.717, 1.165) is 13.0 Å². The van der Waals surface area contributed by atoms with Gasteiger partial charge >= 0.3 is 5.69 Å². The second-order valence-electron chi connectivity index (χ2n) is 4.19. The Morgan fingerprint density at radius 1 is 1.26 bits per heavy atom. The van der Waals surface area contributed by atoms with E-state index in [1.807, 2.05) is 18.2 Å². The summed E-state index contributed by atoms with van der Waals surface area (Å²) in [5, 5.41) is 9.48. The van der Waals surface area contributed by atoms with Crippen LogP contribution >= 0.6 is 0 Å².